The maximum atomic E-state index is 12.5. The lowest BCUT2D eigenvalue weighted by atomic mass is 9.94. The summed E-state index contributed by atoms with van der Waals surface area (Å²) in [4.78, 5) is 14.0. The van der Waals surface area contributed by atoms with Crippen molar-refractivity contribution in [1.82, 2.24) is 4.90 Å². The normalized spacial score (nSPS) is 22.3. The van der Waals surface area contributed by atoms with E-state index in [4.69, 9.17) is 4.74 Å². The first-order chi connectivity index (χ1) is 10.8. The van der Waals surface area contributed by atoms with Gasteiger partial charge in [-0.25, -0.2) is 4.79 Å². The standard InChI is InChI=1S/C17H23F2NO3/c1-17(2,3)23-16(21)20-11-13(22-15(18)19)9-10-14(20)12-7-5-4-6-8-12/h4-8,13-15H,9-11H2,1-3H3. The van der Waals surface area contributed by atoms with Crippen molar-refractivity contribution >= 4 is 6.09 Å². The summed E-state index contributed by atoms with van der Waals surface area (Å²) in [6.07, 6.45) is -0.152. The number of piperidine rings is 1. The van der Waals surface area contributed by atoms with E-state index < -0.39 is 24.4 Å². The number of likely N-dealkylation sites (tertiary alicyclic amines) is 1. The van der Waals surface area contributed by atoms with E-state index in [1.54, 1.807) is 20.8 Å². The van der Waals surface area contributed by atoms with E-state index in [2.05, 4.69) is 4.74 Å². The van der Waals surface area contributed by atoms with E-state index in [9.17, 15) is 13.6 Å². The second-order valence-electron chi connectivity index (χ2n) is 6.66. The van der Waals surface area contributed by atoms with Crippen LogP contribution in [0.25, 0.3) is 0 Å². The first-order valence-corrected chi connectivity index (χ1v) is 7.74. The molecule has 0 spiro atoms. The number of ether oxygens (including phenoxy) is 2. The number of carbonyl (C=O) groups excluding carboxylic acids is 1. The SMILES string of the molecule is CC(C)(C)OC(=O)N1CC(OC(F)F)CCC1c1ccccc1. The van der Waals surface area contributed by atoms with Crippen molar-refractivity contribution in [2.24, 2.45) is 0 Å². The molecule has 1 aromatic carbocycles. The van der Waals surface area contributed by atoms with Crippen LogP contribution in [-0.2, 0) is 9.47 Å². The van der Waals surface area contributed by atoms with Crippen molar-refractivity contribution in [2.45, 2.75) is 58.0 Å². The minimum atomic E-state index is -2.84. The van der Waals surface area contributed by atoms with Gasteiger partial charge in [0.05, 0.1) is 18.7 Å². The van der Waals surface area contributed by atoms with Gasteiger partial charge < -0.3 is 9.47 Å². The van der Waals surface area contributed by atoms with Crippen LogP contribution >= 0.6 is 0 Å². The summed E-state index contributed by atoms with van der Waals surface area (Å²) in [5.74, 6) is 0. The molecule has 2 unspecified atom stereocenters. The van der Waals surface area contributed by atoms with Gasteiger partial charge in [0.15, 0.2) is 0 Å². The zero-order valence-electron chi connectivity index (χ0n) is 13.7. The highest BCUT2D eigenvalue weighted by Gasteiger charge is 2.36. The third kappa shape index (κ3) is 5.16. The smallest absolute Gasteiger partial charge is 0.410 e. The van der Waals surface area contributed by atoms with Gasteiger partial charge in [-0.05, 0) is 39.2 Å². The van der Waals surface area contributed by atoms with Gasteiger partial charge in [0.1, 0.15) is 5.60 Å². The number of hydrogen-bond acceptors (Lipinski definition) is 3. The third-order valence-corrected chi connectivity index (χ3v) is 3.65. The molecule has 6 heteroatoms. The molecule has 0 bridgehead atoms. The fourth-order valence-corrected chi connectivity index (χ4v) is 2.74. The Hall–Kier alpha value is -1.69. The van der Waals surface area contributed by atoms with E-state index in [1.807, 2.05) is 30.3 Å². The highest BCUT2D eigenvalue weighted by Crippen LogP contribution is 2.33. The number of benzene rings is 1. The van der Waals surface area contributed by atoms with Gasteiger partial charge in [0, 0.05) is 0 Å². The molecule has 1 aromatic rings. The summed E-state index contributed by atoms with van der Waals surface area (Å²) in [7, 11) is 0. The summed E-state index contributed by atoms with van der Waals surface area (Å²) in [5.41, 5.74) is 0.323. The summed E-state index contributed by atoms with van der Waals surface area (Å²) in [6, 6.07) is 9.34. The number of halogens is 2. The molecule has 0 aliphatic carbocycles. The highest BCUT2D eigenvalue weighted by molar-refractivity contribution is 5.69. The van der Waals surface area contributed by atoms with Gasteiger partial charge in [0.25, 0.3) is 0 Å². The van der Waals surface area contributed by atoms with Gasteiger partial charge >= 0.3 is 12.7 Å². The molecule has 0 radical (unpaired) electrons. The average Bonchev–Trinajstić information content (AvgIpc) is 2.45. The number of amides is 1. The summed E-state index contributed by atoms with van der Waals surface area (Å²) >= 11 is 0. The number of alkyl halides is 2. The zero-order valence-corrected chi connectivity index (χ0v) is 13.7. The Balaban J connectivity index is 2.18. The van der Waals surface area contributed by atoms with Crippen molar-refractivity contribution in [3.8, 4) is 0 Å². The molecule has 2 rings (SSSR count). The largest absolute Gasteiger partial charge is 0.444 e. The number of hydrogen-bond donors (Lipinski definition) is 0. The highest BCUT2D eigenvalue weighted by atomic mass is 19.3. The Morgan fingerprint density at radius 1 is 1.22 bits per heavy atom. The summed E-state index contributed by atoms with van der Waals surface area (Å²) in [5, 5.41) is 0. The van der Waals surface area contributed by atoms with Crippen molar-refractivity contribution in [3.63, 3.8) is 0 Å². The van der Waals surface area contributed by atoms with Crippen LogP contribution < -0.4 is 0 Å². The van der Waals surface area contributed by atoms with E-state index in [0.29, 0.717) is 12.8 Å². The average molecular weight is 327 g/mol. The van der Waals surface area contributed by atoms with Crippen molar-refractivity contribution in [3.05, 3.63) is 35.9 Å². The van der Waals surface area contributed by atoms with Gasteiger partial charge in [-0.15, -0.1) is 0 Å². The first-order valence-electron chi connectivity index (χ1n) is 7.74. The predicted molar refractivity (Wildman–Crippen MR) is 82.2 cm³/mol. The van der Waals surface area contributed by atoms with Crippen LogP contribution in [0.1, 0.15) is 45.2 Å². The number of rotatable bonds is 3. The number of carbonyl (C=O) groups is 1. The zero-order chi connectivity index (χ0) is 17.0. The predicted octanol–water partition coefficient (Wildman–Crippen LogP) is 4.37. The Morgan fingerprint density at radius 2 is 1.87 bits per heavy atom. The van der Waals surface area contributed by atoms with Gasteiger partial charge in [-0.2, -0.15) is 8.78 Å². The molecule has 1 saturated heterocycles. The van der Waals surface area contributed by atoms with Crippen LogP contribution in [0.15, 0.2) is 30.3 Å². The van der Waals surface area contributed by atoms with Crippen LogP contribution in [0.5, 0.6) is 0 Å². The second kappa shape index (κ2) is 7.25. The molecule has 128 valence electrons. The Bertz CT molecular complexity index is 516. The van der Waals surface area contributed by atoms with Crippen LogP contribution in [0.3, 0.4) is 0 Å². The lowest BCUT2D eigenvalue weighted by Crippen LogP contribution is -2.47. The Kier molecular flexibility index (Phi) is 5.57. The second-order valence-corrected chi connectivity index (χ2v) is 6.66. The van der Waals surface area contributed by atoms with Gasteiger partial charge in [0.2, 0.25) is 0 Å². The quantitative estimate of drug-likeness (QED) is 0.827. The van der Waals surface area contributed by atoms with Crippen LogP contribution in [0.2, 0.25) is 0 Å². The third-order valence-electron chi connectivity index (χ3n) is 3.65. The molecule has 1 fully saturated rings. The topological polar surface area (TPSA) is 38.8 Å². The van der Waals surface area contributed by atoms with E-state index in [1.165, 1.54) is 4.90 Å². The molecule has 1 aliphatic heterocycles. The molecule has 1 heterocycles. The maximum absolute atomic E-state index is 12.5. The molecule has 1 amide bonds. The minimum Gasteiger partial charge on any atom is -0.444 e. The molecular formula is C17H23F2NO3. The molecule has 0 saturated carbocycles. The van der Waals surface area contributed by atoms with Crippen molar-refractivity contribution < 1.29 is 23.0 Å². The molecule has 0 N–H and O–H groups in total. The summed E-state index contributed by atoms with van der Waals surface area (Å²) in [6.45, 7) is 2.59. The molecule has 2 atom stereocenters. The molecule has 0 aromatic heterocycles. The Morgan fingerprint density at radius 3 is 2.43 bits per heavy atom. The fraction of sp³-hybridized carbons (Fsp3) is 0.588. The van der Waals surface area contributed by atoms with E-state index in [-0.39, 0.29) is 12.6 Å². The van der Waals surface area contributed by atoms with E-state index in [0.717, 1.165) is 5.56 Å². The van der Waals surface area contributed by atoms with E-state index >= 15 is 0 Å². The Labute approximate surface area is 135 Å². The van der Waals surface area contributed by atoms with Gasteiger partial charge in [-0.3, -0.25) is 4.90 Å². The molecule has 23 heavy (non-hydrogen) atoms. The number of nitrogens with zero attached hydrogens (tertiary/aromatic N) is 1. The summed E-state index contributed by atoms with van der Waals surface area (Å²) < 4.78 is 35.0. The lowest BCUT2D eigenvalue weighted by molar-refractivity contribution is -0.177. The van der Waals surface area contributed by atoms with Crippen LogP contribution in [0.4, 0.5) is 13.6 Å². The van der Waals surface area contributed by atoms with Crippen molar-refractivity contribution in [2.75, 3.05) is 6.54 Å². The monoisotopic (exact) mass is 327 g/mol. The fourth-order valence-electron chi connectivity index (χ4n) is 2.74. The molecule has 1 aliphatic rings. The molecular weight excluding hydrogens is 304 g/mol. The van der Waals surface area contributed by atoms with Crippen LogP contribution in [0, 0.1) is 0 Å². The first kappa shape index (κ1) is 17.7. The maximum Gasteiger partial charge on any atom is 0.410 e. The lowest BCUT2D eigenvalue weighted by Gasteiger charge is -2.40. The molecule has 4 nitrogen and oxygen atoms in total. The van der Waals surface area contributed by atoms with Crippen LogP contribution in [-0.4, -0.2) is 35.9 Å². The van der Waals surface area contributed by atoms with Gasteiger partial charge in [-0.1, -0.05) is 30.3 Å². The minimum absolute atomic E-state index is 0.0960. The van der Waals surface area contributed by atoms with Crippen molar-refractivity contribution in [1.29, 1.82) is 0 Å².